The van der Waals surface area contributed by atoms with Crippen molar-refractivity contribution >= 4 is 27.9 Å². The maximum absolute atomic E-state index is 13.7. The average molecular weight is 489 g/mol. The Hall–Kier alpha value is -3.50. The number of hydrogen-bond acceptors (Lipinski definition) is 3. The topological polar surface area (TPSA) is 42.0 Å². The van der Waals surface area contributed by atoms with E-state index in [1.807, 2.05) is 6.20 Å². The molecule has 0 aliphatic heterocycles. The van der Waals surface area contributed by atoms with Gasteiger partial charge in [0.2, 0.25) is 5.91 Å². The van der Waals surface area contributed by atoms with Gasteiger partial charge in [-0.05, 0) is 39.8 Å². The monoisotopic (exact) mass is 488 g/mol. The zero-order valence-corrected chi connectivity index (χ0v) is 21.3. The summed E-state index contributed by atoms with van der Waals surface area (Å²) in [6, 6.07) is 17.5. The van der Waals surface area contributed by atoms with Crippen molar-refractivity contribution in [2.75, 3.05) is 5.32 Å². The Bertz CT molecular complexity index is 1520. The molecule has 36 heavy (non-hydrogen) atoms. The summed E-state index contributed by atoms with van der Waals surface area (Å²) >= 11 is 1.56. The van der Waals surface area contributed by atoms with Crippen LogP contribution in [0.2, 0.25) is 0 Å². The molecule has 5 unspecified atom stereocenters. The van der Waals surface area contributed by atoms with Crippen LogP contribution in [-0.4, -0.2) is 10.9 Å². The van der Waals surface area contributed by atoms with Gasteiger partial charge in [-0.15, -0.1) is 0 Å². The molecule has 3 nitrogen and oxygen atoms in total. The van der Waals surface area contributed by atoms with Gasteiger partial charge in [0.1, 0.15) is 0 Å². The highest BCUT2D eigenvalue weighted by atomic mass is 32.1. The van der Waals surface area contributed by atoms with E-state index in [0.717, 1.165) is 11.3 Å². The number of hydrogen-bond donors (Lipinski definition) is 1. The van der Waals surface area contributed by atoms with Gasteiger partial charge in [-0.2, -0.15) is 0 Å². The Balaban J connectivity index is 1.18. The van der Waals surface area contributed by atoms with Crippen LogP contribution >= 0.6 is 11.3 Å². The minimum atomic E-state index is -0.186. The summed E-state index contributed by atoms with van der Waals surface area (Å²) in [4.78, 5) is 19.4. The van der Waals surface area contributed by atoms with Gasteiger partial charge < -0.3 is 5.32 Å². The number of anilines is 1. The first kappa shape index (κ1) is 21.8. The van der Waals surface area contributed by atoms with Gasteiger partial charge >= 0.3 is 0 Å². The fourth-order valence-electron chi connectivity index (χ4n) is 7.21. The number of rotatable bonds is 4. The second-order valence-electron chi connectivity index (χ2n) is 10.6. The highest BCUT2D eigenvalue weighted by molar-refractivity contribution is 7.16. The van der Waals surface area contributed by atoms with E-state index < -0.39 is 0 Å². The Morgan fingerprint density at radius 2 is 1.83 bits per heavy atom. The molecule has 4 heteroatoms. The average Bonchev–Trinajstić information content (AvgIpc) is 3.45. The fraction of sp³-hybridized carbons (Fsp3) is 0.250. The largest absolute Gasteiger partial charge is 0.302 e. The molecular formula is C32H28N2OS. The minimum Gasteiger partial charge on any atom is -0.302 e. The molecule has 178 valence electrons. The molecule has 0 bridgehead atoms. The third kappa shape index (κ3) is 2.97. The number of nitrogens with zero attached hydrogens (tertiary/aromatic N) is 1. The van der Waals surface area contributed by atoms with Crippen LogP contribution in [0.3, 0.4) is 0 Å². The predicted octanol–water partition coefficient (Wildman–Crippen LogP) is 7.37. The summed E-state index contributed by atoms with van der Waals surface area (Å²) in [6.07, 6.45) is 16.0. The molecule has 4 aliphatic carbocycles. The Kier molecular flexibility index (Phi) is 4.84. The van der Waals surface area contributed by atoms with E-state index in [1.165, 1.54) is 33.4 Å². The number of thiazole rings is 1. The summed E-state index contributed by atoms with van der Waals surface area (Å²) in [5.74, 6) is 0.760. The zero-order valence-electron chi connectivity index (χ0n) is 20.4. The Labute approximate surface area is 216 Å². The van der Waals surface area contributed by atoms with Gasteiger partial charge in [0, 0.05) is 35.3 Å². The molecule has 7 rings (SSSR count). The van der Waals surface area contributed by atoms with E-state index in [0.29, 0.717) is 17.0 Å². The molecular weight excluding hydrogens is 460 g/mol. The summed E-state index contributed by atoms with van der Waals surface area (Å²) in [5, 5.41) is 3.84. The normalized spacial score (nSPS) is 27.6. The molecule has 5 atom stereocenters. The van der Waals surface area contributed by atoms with Crippen molar-refractivity contribution in [2.24, 2.45) is 11.8 Å². The second kappa shape index (κ2) is 8.01. The number of nitrogens with one attached hydrogen (secondary N) is 1. The molecule has 0 fully saturated rings. The molecule has 3 aromatic rings. The highest BCUT2D eigenvalue weighted by Gasteiger charge is 2.60. The van der Waals surface area contributed by atoms with Gasteiger partial charge in [0.05, 0.1) is 4.88 Å². The highest BCUT2D eigenvalue weighted by Crippen LogP contribution is 2.68. The molecule has 0 saturated heterocycles. The Morgan fingerprint density at radius 3 is 2.69 bits per heavy atom. The summed E-state index contributed by atoms with van der Waals surface area (Å²) in [7, 11) is 0. The number of carbonyl (C=O) groups excluding carboxylic acids is 1. The molecule has 1 amide bonds. The Morgan fingerprint density at radius 1 is 1.06 bits per heavy atom. The van der Waals surface area contributed by atoms with E-state index in [9.17, 15) is 4.79 Å². The number of allylic oxidation sites excluding steroid dienone is 8. The van der Waals surface area contributed by atoms with Crippen LogP contribution in [-0.2, 0) is 10.2 Å². The molecule has 0 saturated carbocycles. The van der Waals surface area contributed by atoms with Crippen LogP contribution in [0, 0.1) is 11.8 Å². The van der Waals surface area contributed by atoms with Gasteiger partial charge in [-0.1, -0.05) is 110 Å². The first-order valence-corrected chi connectivity index (χ1v) is 13.6. The lowest BCUT2D eigenvalue weighted by atomic mass is 9.53. The quantitative estimate of drug-likeness (QED) is 0.416. The molecule has 1 aromatic heterocycles. The summed E-state index contributed by atoms with van der Waals surface area (Å²) < 4.78 is 0. The van der Waals surface area contributed by atoms with Crippen LogP contribution in [0.5, 0.6) is 0 Å². The first-order valence-electron chi connectivity index (χ1n) is 12.8. The molecule has 1 heterocycles. The summed E-state index contributed by atoms with van der Waals surface area (Å²) in [5.41, 5.74) is 7.96. The van der Waals surface area contributed by atoms with Crippen molar-refractivity contribution in [1.29, 1.82) is 0 Å². The molecule has 2 aromatic carbocycles. The lowest BCUT2D eigenvalue weighted by molar-refractivity contribution is -0.120. The van der Waals surface area contributed by atoms with Crippen LogP contribution in [0.15, 0.2) is 96.8 Å². The predicted molar refractivity (Wildman–Crippen MR) is 147 cm³/mol. The van der Waals surface area contributed by atoms with E-state index in [4.69, 9.17) is 0 Å². The number of fused-ring (bicyclic) bond motifs is 7. The number of amides is 1. The SMILES string of the molecule is CC(C(=O)Nc1ncc(C2=C3C=CC=CC3CC=C2)s1)C1c2ccccc2C2c3ccccc3C21C. The van der Waals surface area contributed by atoms with E-state index in [1.54, 1.807) is 11.3 Å². The van der Waals surface area contributed by atoms with Crippen LogP contribution in [0.25, 0.3) is 5.57 Å². The zero-order chi connectivity index (χ0) is 24.4. The van der Waals surface area contributed by atoms with Gasteiger partial charge in [0.15, 0.2) is 5.13 Å². The number of benzene rings is 2. The second-order valence-corrected chi connectivity index (χ2v) is 11.6. The van der Waals surface area contributed by atoms with Crippen molar-refractivity contribution in [2.45, 2.75) is 37.5 Å². The van der Waals surface area contributed by atoms with Crippen molar-refractivity contribution in [1.82, 2.24) is 4.98 Å². The first-order chi connectivity index (χ1) is 17.6. The number of carbonyl (C=O) groups is 1. The van der Waals surface area contributed by atoms with Gasteiger partial charge in [0.25, 0.3) is 0 Å². The van der Waals surface area contributed by atoms with E-state index in [2.05, 4.69) is 109 Å². The third-order valence-corrected chi connectivity index (χ3v) is 9.72. The molecule has 4 aliphatic rings. The third-order valence-electron chi connectivity index (χ3n) is 8.77. The molecule has 0 radical (unpaired) electrons. The van der Waals surface area contributed by atoms with E-state index >= 15 is 0 Å². The fourth-order valence-corrected chi connectivity index (χ4v) is 8.07. The lowest BCUT2D eigenvalue weighted by Gasteiger charge is -2.50. The van der Waals surface area contributed by atoms with Crippen molar-refractivity contribution in [3.05, 3.63) is 124 Å². The van der Waals surface area contributed by atoms with Crippen LogP contribution in [0.4, 0.5) is 5.13 Å². The standard InChI is InChI=1S/C32H28N2OS/c1-19(28-23-13-5-6-14-24(23)29-25-15-7-8-17-26(25)32(28,29)2)30(35)34-31-33-18-27(36-31)22-16-9-11-20-10-3-4-12-21(20)22/h3-10,12-20,28-29H,11H2,1-2H3,(H,33,34,35). The minimum absolute atomic E-state index is 0.0390. The smallest absolute Gasteiger partial charge is 0.229 e. The van der Waals surface area contributed by atoms with Crippen molar-refractivity contribution in [3.63, 3.8) is 0 Å². The molecule has 1 N–H and O–H groups in total. The van der Waals surface area contributed by atoms with Crippen molar-refractivity contribution in [3.8, 4) is 0 Å². The van der Waals surface area contributed by atoms with Crippen LogP contribution < -0.4 is 5.32 Å². The number of aromatic nitrogens is 1. The van der Waals surface area contributed by atoms with Crippen LogP contribution in [0.1, 0.15) is 59.2 Å². The van der Waals surface area contributed by atoms with Gasteiger partial charge in [-0.3, -0.25) is 4.79 Å². The molecule has 0 spiro atoms. The van der Waals surface area contributed by atoms with Crippen molar-refractivity contribution < 1.29 is 4.79 Å². The maximum atomic E-state index is 13.7. The summed E-state index contributed by atoms with van der Waals surface area (Å²) in [6.45, 7) is 4.43. The maximum Gasteiger partial charge on any atom is 0.229 e. The van der Waals surface area contributed by atoms with Gasteiger partial charge in [-0.25, -0.2) is 4.98 Å². The van der Waals surface area contributed by atoms with E-state index in [-0.39, 0.29) is 23.2 Å². The lowest BCUT2D eigenvalue weighted by Crippen LogP contribution is -2.45.